The summed E-state index contributed by atoms with van der Waals surface area (Å²) in [6, 6.07) is 11.7. The number of pyridine rings is 1. The Bertz CT molecular complexity index is 3010. The molecule has 7 aliphatic heterocycles. The van der Waals surface area contributed by atoms with Gasteiger partial charge in [-0.25, -0.2) is 8.78 Å². The fraction of sp³-hybridized carbons (Fsp3) is 0.491. The molecule has 6 fully saturated rings. The normalized spacial score (nSPS) is 23.5. The van der Waals surface area contributed by atoms with Crippen LogP contribution >= 0.6 is 0 Å². The highest BCUT2D eigenvalue weighted by Crippen LogP contribution is 2.40. The number of likely N-dealkylation sites (tertiary alicyclic amines) is 2. The van der Waals surface area contributed by atoms with Crippen LogP contribution in [0.5, 0.6) is 11.8 Å². The number of piperidine rings is 3. The van der Waals surface area contributed by atoms with Crippen LogP contribution in [0.4, 0.5) is 20.3 Å². The van der Waals surface area contributed by atoms with E-state index in [-0.39, 0.29) is 63.6 Å². The Kier molecular flexibility index (Phi) is 12.4. The first kappa shape index (κ1) is 46.6. The number of anilines is 2. The number of nitrogens with one attached hydrogen (secondary N) is 2. The zero-order chi connectivity index (χ0) is 49.2. The van der Waals surface area contributed by atoms with Crippen LogP contribution in [0.15, 0.2) is 48.7 Å². The number of carbonyl (C=O) groups is 3. The molecule has 17 heteroatoms. The topological polar surface area (TPSA) is 160 Å². The number of piperazine rings is 1. The largest absolute Gasteiger partial charge is 0.508 e. The van der Waals surface area contributed by atoms with Crippen molar-refractivity contribution in [1.29, 1.82) is 0 Å². The number of hydrogen-bond donors (Lipinski definition) is 3. The van der Waals surface area contributed by atoms with E-state index in [1.807, 2.05) is 12.1 Å². The molecule has 15 nitrogen and oxygen atoms in total. The van der Waals surface area contributed by atoms with Crippen LogP contribution in [-0.4, -0.2) is 143 Å². The molecule has 7 aliphatic rings. The molecular weight excluding hydrogens is 919 g/mol. The molecule has 5 aromatic rings. The van der Waals surface area contributed by atoms with Crippen LogP contribution in [0.3, 0.4) is 0 Å². The summed E-state index contributed by atoms with van der Waals surface area (Å²) < 4.78 is 38.3. The number of phenolic OH excluding ortho intramolecular Hbond substituents is 1. The molecule has 2 bridgehead atoms. The summed E-state index contributed by atoms with van der Waals surface area (Å²) in [6.45, 7) is 10.3. The van der Waals surface area contributed by atoms with Gasteiger partial charge in [-0.05, 0) is 137 Å². The average Bonchev–Trinajstić information content (AvgIpc) is 3.88. The van der Waals surface area contributed by atoms with Crippen LogP contribution < -0.4 is 25.2 Å². The predicted octanol–water partition coefficient (Wildman–Crippen LogP) is 5.84. The fourth-order valence-corrected chi connectivity index (χ4v) is 12.8. The third kappa shape index (κ3) is 8.95. The minimum Gasteiger partial charge on any atom is -0.508 e. The van der Waals surface area contributed by atoms with Crippen molar-refractivity contribution in [2.45, 2.75) is 82.5 Å². The van der Waals surface area contributed by atoms with Crippen LogP contribution in [-0.2, 0) is 16.1 Å². The summed E-state index contributed by atoms with van der Waals surface area (Å²) >= 11 is 0. The molecule has 6 saturated heterocycles. The Balaban J connectivity index is 0.624. The Morgan fingerprint density at radius 1 is 0.819 bits per heavy atom. The van der Waals surface area contributed by atoms with E-state index in [4.69, 9.17) is 16.1 Å². The molecule has 374 valence electrons. The lowest BCUT2D eigenvalue weighted by Gasteiger charge is -2.44. The highest BCUT2D eigenvalue weighted by atomic mass is 19.1. The molecule has 2 aromatic heterocycles. The highest BCUT2D eigenvalue weighted by molar-refractivity contribution is 6.06. The number of amides is 3. The van der Waals surface area contributed by atoms with E-state index in [9.17, 15) is 19.5 Å². The van der Waals surface area contributed by atoms with Crippen molar-refractivity contribution in [2.75, 3.05) is 81.9 Å². The van der Waals surface area contributed by atoms with Crippen LogP contribution in [0, 0.1) is 41.7 Å². The standard InChI is InChI=1S/C55H60F2N10O5/c1-2-41-45(56)8-3-35-23-40(68)24-43(48(35)41)50-49(57)51-44(25-58-50)52(66-30-37-4-5-38(31-66)59-37)62-55(61-51)72-20-19-63-15-11-32(12-16-63)21-33-13-17-64(18-14-33)26-34-27-65(28-34)39-6-7-42-36(22-39)29-67(54(42)71)46-9-10-47(69)60-53(46)70/h1,3,6-8,22-25,32-34,37-38,46,59,68H,4-5,9-21,26-31H2,(H,60,69,70). The number of phenols is 1. The third-order valence-corrected chi connectivity index (χ3v) is 16.7. The molecule has 12 rings (SSSR count). The van der Waals surface area contributed by atoms with E-state index in [1.165, 1.54) is 43.5 Å². The minimum atomic E-state index is -0.729. The number of hydrogen-bond acceptors (Lipinski definition) is 13. The maximum absolute atomic E-state index is 17.0. The zero-order valence-electron chi connectivity index (χ0n) is 40.4. The second-order valence-electron chi connectivity index (χ2n) is 21.3. The SMILES string of the molecule is C#Cc1c(F)ccc2cc(O)cc(-c3ncc4c(N5CC6CCC(C5)N6)nc(OCCN5CCC(CC6CCN(CC7CN(c8ccc9c(c8)CN(C8CCC(=O)NC8=O)C9=O)C7)CC6)CC5)nc4c3F)c12. The summed E-state index contributed by atoms with van der Waals surface area (Å²) in [5.74, 6) is 2.77. The van der Waals surface area contributed by atoms with Crippen LogP contribution in [0.2, 0.25) is 0 Å². The lowest BCUT2D eigenvalue weighted by atomic mass is 9.82. The Hall–Kier alpha value is -6.48. The van der Waals surface area contributed by atoms with Crippen molar-refractivity contribution in [1.82, 2.24) is 40.3 Å². The van der Waals surface area contributed by atoms with Gasteiger partial charge in [-0.1, -0.05) is 12.0 Å². The number of benzene rings is 3. The van der Waals surface area contributed by atoms with Gasteiger partial charge in [0.25, 0.3) is 5.91 Å². The number of aromatic hydroxyl groups is 1. The molecule has 0 saturated carbocycles. The van der Waals surface area contributed by atoms with Gasteiger partial charge in [0.05, 0.1) is 10.9 Å². The molecule has 0 aliphatic carbocycles. The van der Waals surface area contributed by atoms with E-state index in [2.05, 4.69) is 52.2 Å². The number of terminal acetylenes is 1. The third-order valence-electron chi connectivity index (χ3n) is 16.7. The maximum Gasteiger partial charge on any atom is 0.319 e. The average molecular weight is 979 g/mol. The summed E-state index contributed by atoms with van der Waals surface area (Å²) in [6.07, 6.45) is 16.1. The smallest absolute Gasteiger partial charge is 0.319 e. The number of nitrogens with zero attached hydrogens (tertiary/aromatic N) is 8. The molecule has 3 N–H and O–H groups in total. The highest BCUT2D eigenvalue weighted by Gasteiger charge is 2.40. The van der Waals surface area contributed by atoms with Gasteiger partial charge in [-0.15, -0.1) is 6.42 Å². The van der Waals surface area contributed by atoms with Crippen LogP contribution in [0.25, 0.3) is 32.9 Å². The molecule has 0 spiro atoms. The Morgan fingerprint density at radius 3 is 2.31 bits per heavy atom. The number of halogens is 2. The second kappa shape index (κ2) is 19.2. The van der Waals surface area contributed by atoms with Crippen molar-refractivity contribution >= 4 is 50.9 Å². The van der Waals surface area contributed by atoms with Gasteiger partial charge in [0.1, 0.15) is 41.2 Å². The van der Waals surface area contributed by atoms with E-state index in [0.29, 0.717) is 85.3 Å². The van der Waals surface area contributed by atoms with Crippen molar-refractivity contribution in [2.24, 2.45) is 17.8 Å². The first-order chi connectivity index (χ1) is 35.0. The van der Waals surface area contributed by atoms with Gasteiger partial charge in [0.15, 0.2) is 5.82 Å². The second-order valence-corrected chi connectivity index (χ2v) is 21.3. The summed E-state index contributed by atoms with van der Waals surface area (Å²) in [4.78, 5) is 62.7. The van der Waals surface area contributed by atoms with Crippen molar-refractivity contribution < 1.29 is 33.0 Å². The maximum atomic E-state index is 17.0. The number of carbonyl (C=O) groups excluding carboxylic acids is 3. The quantitative estimate of drug-likeness (QED) is 0.101. The lowest BCUT2D eigenvalue weighted by Crippen LogP contribution is -2.52. The minimum absolute atomic E-state index is 0.0357. The predicted molar refractivity (Wildman–Crippen MR) is 269 cm³/mol. The first-order valence-electron chi connectivity index (χ1n) is 25.9. The van der Waals surface area contributed by atoms with Gasteiger partial charge in [0, 0.05) is 98.6 Å². The van der Waals surface area contributed by atoms with E-state index in [0.717, 1.165) is 88.7 Å². The number of imide groups is 1. The Morgan fingerprint density at radius 2 is 1.57 bits per heavy atom. The van der Waals surface area contributed by atoms with Gasteiger partial charge in [-0.3, -0.25) is 29.6 Å². The van der Waals surface area contributed by atoms with Gasteiger partial charge >= 0.3 is 6.01 Å². The van der Waals surface area contributed by atoms with Crippen LogP contribution in [0.1, 0.15) is 79.3 Å². The molecule has 3 amide bonds. The van der Waals surface area contributed by atoms with Crippen molar-refractivity contribution in [3.05, 3.63) is 77.0 Å². The van der Waals surface area contributed by atoms with Gasteiger partial charge in [0.2, 0.25) is 11.8 Å². The summed E-state index contributed by atoms with van der Waals surface area (Å²) in [5.41, 5.74) is 2.79. The van der Waals surface area contributed by atoms with E-state index < -0.39 is 17.7 Å². The number of fused-ring (bicyclic) bond motifs is 5. The van der Waals surface area contributed by atoms with Gasteiger partial charge < -0.3 is 34.8 Å². The summed E-state index contributed by atoms with van der Waals surface area (Å²) in [7, 11) is 0. The van der Waals surface area contributed by atoms with Gasteiger partial charge in [-0.2, -0.15) is 9.97 Å². The number of ether oxygens (including phenoxy) is 1. The summed E-state index contributed by atoms with van der Waals surface area (Å²) in [5, 5.41) is 17.9. The molecule has 72 heavy (non-hydrogen) atoms. The molecule has 3 unspecified atom stereocenters. The number of aromatic nitrogens is 3. The molecular formula is C55H60F2N10O5. The fourth-order valence-electron chi connectivity index (χ4n) is 12.8. The molecule has 0 radical (unpaired) electrons. The Labute approximate surface area is 417 Å². The van der Waals surface area contributed by atoms with Crippen molar-refractivity contribution in [3.8, 4) is 35.4 Å². The molecule has 3 atom stereocenters. The zero-order valence-corrected chi connectivity index (χ0v) is 40.4. The first-order valence-corrected chi connectivity index (χ1v) is 25.9. The van der Waals surface area contributed by atoms with Crippen molar-refractivity contribution in [3.63, 3.8) is 0 Å². The van der Waals surface area contributed by atoms with E-state index in [1.54, 1.807) is 11.1 Å². The molecule has 9 heterocycles. The van der Waals surface area contributed by atoms with E-state index >= 15 is 8.78 Å². The number of rotatable bonds is 12. The monoisotopic (exact) mass is 978 g/mol. The lowest BCUT2D eigenvalue weighted by molar-refractivity contribution is -0.136. The molecule has 3 aromatic carbocycles.